The summed E-state index contributed by atoms with van der Waals surface area (Å²) in [7, 11) is 0. The quantitative estimate of drug-likeness (QED) is 0.527. The summed E-state index contributed by atoms with van der Waals surface area (Å²) in [6.07, 6.45) is 8.24. The van der Waals surface area contributed by atoms with Crippen LogP contribution in [-0.4, -0.2) is 26.2 Å². The average Bonchev–Trinajstić information content (AvgIpc) is 2.18. The smallest absolute Gasteiger partial charge is 0.0225 e. The van der Waals surface area contributed by atoms with E-state index < -0.39 is 0 Å². The molecule has 78 valence electrons. The third-order valence-electron chi connectivity index (χ3n) is 2.46. The summed E-state index contributed by atoms with van der Waals surface area (Å²) in [6.45, 7) is 4.40. The van der Waals surface area contributed by atoms with Crippen molar-refractivity contribution in [2.24, 2.45) is 0 Å². The summed E-state index contributed by atoms with van der Waals surface area (Å²) in [4.78, 5) is 0. The molecule has 0 aromatic rings. The van der Waals surface area contributed by atoms with Crippen LogP contribution >= 0.6 is 0 Å². The van der Waals surface area contributed by atoms with Crippen LogP contribution in [0.25, 0.3) is 0 Å². The predicted octanol–water partition coefficient (Wildman–Crippen LogP) is 1.02. The van der Waals surface area contributed by atoms with Gasteiger partial charge in [0.15, 0.2) is 0 Å². The van der Waals surface area contributed by atoms with E-state index in [1.807, 2.05) is 0 Å². The van der Waals surface area contributed by atoms with Crippen LogP contribution in [0.15, 0.2) is 0 Å². The van der Waals surface area contributed by atoms with Crippen molar-refractivity contribution in [3.05, 3.63) is 0 Å². The van der Waals surface area contributed by atoms with E-state index in [1.165, 1.54) is 45.1 Å². The van der Waals surface area contributed by atoms with Crippen molar-refractivity contribution >= 4 is 0 Å². The summed E-state index contributed by atoms with van der Waals surface area (Å²) in [5.41, 5.74) is 6.44. The van der Waals surface area contributed by atoms with Gasteiger partial charge in [-0.1, -0.05) is 25.7 Å². The van der Waals surface area contributed by atoms with Gasteiger partial charge < -0.3 is 5.32 Å². The molecule has 13 heavy (non-hydrogen) atoms. The van der Waals surface area contributed by atoms with Crippen LogP contribution in [0.2, 0.25) is 0 Å². The van der Waals surface area contributed by atoms with Crippen LogP contribution in [0, 0.1) is 0 Å². The first kappa shape index (κ1) is 11.0. The minimum Gasteiger partial charge on any atom is -0.315 e. The third kappa shape index (κ3) is 6.99. The number of hydrogen-bond acceptors (Lipinski definition) is 3. The van der Waals surface area contributed by atoms with Crippen LogP contribution in [0.1, 0.15) is 38.5 Å². The standard InChI is InChI=1S/C10H23N3/c1-2-4-6-8-12-13-10-9-11-7-5-3-1/h11-13H,1-10H2. The van der Waals surface area contributed by atoms with Gasteiger partial charge in [0, 0.05) is 19.6 Å². The Morgan fingerprint density at radius 1 is 0.462 bits per heavy atom. The first-order chi connectivity index (χ1) is 6.50. The number of rotatable bonds is 0. The van der Waals surface area contributed by atoms with Gasteiger partial charge in [0.2, 0.25) is 0 Å². The van der Waals surface area contributed by atoms with Crippen molar-refractivity contribution in [3.63, 3.8) is 0 Å². The normalized spacial score (nSPS) is 24.0. The molecule has 0 radical (unpaired) electrons. The zero-order chi connectivity index (χ0) is 9.19. The average molecular weight is 185 g/mol. The Hall–Kier alpha value is -0.120. The second-order valence-corrected chi connectivity index (χ2v) is 3.72. The first-order valence-electron chi connectivity index (χ1n) is 5.66. The number of nitrogens with one attached hydrogen (secondary N) is 3. The molecule has 0 spiro atoms. The van der Waals surface area contributed by atoms with E-state index in [1.54, 1.807) is 0 Å². The summed E-state index contributed by atoms with van der Waals surface area (Å²) in [5.74, 6) is 0. The maximum atomic E-state index is 3.42. The maximum absolute atomic E-state index is 3.42. The highest BCUT2D eigenvalue weighted by atomic mass is 15.3. The lowest BCUT2D eigenvalue weighted by Gasteiger charge is -2.06. The lowest BCUT2D eigenvalue weighted by atomic mass is 10.1. The zero-order valence-electron chi connectivity index (χ0n) is 8.57. The van der Waals surface area contributed by atoms with Crippen LogP contribution in [0.4, 0.5) is 0 Å². The molecule has 1 aliphatic rings. The maximum Gasteiger partial charge on any atom is 0.0225 e. The zero-order valence-corrected chi connectivity index (χ0v) is 8.57. The van der Waals surface area contributed by atoms with Crippen LogP contribution < -0.4 is 16.2 Å². The van der Waals surface area contributed by atoms with Crippen molar-refractivity contribution in [1.29, 1.82) is 0 Å². The number of hydrogen-bond donors (Lipinski definition) is 3. The second kappa shape index (κ2) is 8.48. The van der Waals surface area contributed by atoms with Crippen molar-refractivity contribution in [3.8, 4) is 0 Å². The molecule has 0 saturated carbocycles. The van der Waals surface area contributed by atoms with Crippen LogP contribution in [0.5, 0.6) is 0 Å². The van der Waals surface area contributed by atoms with Crippen molar-refractivity contribution < 1.29 is 0 Å². The summed E-state index contributed by atoms with van der Waals surface area (Å²) < 4.78 is 0. The predicted molar refractivity (Wildman–Crippen MR) is 56.6 cm³/mol. The topological polar surface area (TPSA) is 36.1 Å². The highest BCUT2D eigenvalue weighted by molar-refractivity contribution is 4.53. The first-order valence-corrected chi connectivity index (χ1v) is 5.66. The van der Waals surface area contributed by atoms with E-state index in [2.05, 4.69) is 16.2 Å². The lowest BCUT2D eigenvalue weighted by molar-refractivity contribution is 0.500. The SMILES string of the molecule is C1CCCCNNCCNCCC1. The summed E-state index contributed by atoms with van der Waals surface area (Å²) >= 11 is 0. The van der Waals surface area contributed by atoms with Gasteiger partial charge in [0.1, 0.15) is 0 Å². The van der Waals surface area contributed by atoms with E-state index in [9.17, 15) is 0 Å². The molecule has 0 unspecified atom stereocenters. The molecule has 3 N–H and O–H groups in total. The molecule has 1 saturated heterocycles. The molecular formula is C10H23N3. The van der Waals surface area contributed by atoms with Gasteiger partial charge in [-0.05, 0) is 19.4 Å². The molecule has 1 rings (SSSR count). The van der Waals surface area contributed by atoms with Gasteiger partial charge in [-0.2, -0.15) is 0 Å². The molecule has 0 aromatic heterocycles. The monoisotopic (exact) mass is 185 g/mol. The minimum atomic E-state index is 1.03. The Kier molecular flexibility index (Phi) is 7.15. The molecular weight excluding hydrogens is 162 g/mol. The molecule has 1 fully saturated rings. The molecule has 1 aliphatic heterocycles. The highest BCUT2D eigenvalue weighted by Gasteiger charge is 1.93. The van der Waals surface area contributed by atoms with Gasteiger partial charge in [-0.15, -0.1) is 0 Å². The lowest BCUT2D eigenvalue weighted by Crippen LogP contribution is -2.37. The molecule has 0 amide bonds. The van der Waals surface area contributed by atoms with Gasteiger partial charge in [-0.3, -0.25) is 10.9 Å². The van der Waals surface area contributed by atoms with Gasteiger partial charge in [-0.25, -0.2) is 0 Å². The van der Waals surface area contributed by atoms with E-state index >= 15 is 0 Å². The molecule has 3 heteroatoms. The van der Waals surface area contributed by atoms with Gasteiger partial charge in [0.25, 0.3) is 0 Å². The Morgan fingerprint density at radius 2 is 1.08 bits per heavy atom. The number of hydrazine groups is 1. The molecule has 0 aromatic carbocycles. The fourth-order valence-corrected chi connectivity index (χ4v) is 1.62. The van der Waals surface area contributed by atoms with Gasteiger partial charge in [0.05, 0.1) is 0 Å². The fraction of sp³-hybridized carbons (Fsp3) is 1.00. The van der Waals surface area contributed by atoms with Crippen molar-refractivity contribution in [2.45, 2.75) is 38.5 Å². The largest absolute Gasteiger partial charge is 0.315 e. The van der Waals surface area contributed by atoms with Crippen molar-refractivity contribution in [2.75, 3.05) is 26.2 Å². The fourth-order valence-electron chi connectivity index (χ4n) is 1.62. The summed E-state index contributed by atoms with van der Waals surface area (Å²) in [5, 5.41) is 3.42. The van der Waals surface area contributed by atoms with E-state index in [0.717, 1.165) is 19.6 Å². The molecule has 1 heterocycles. The Labute approximate surface area is 81.6 Å². The van der Waals surface area contributed by atoms with E-state index in [4.69, 9.17) is 0 Å². The van der Waals surface area contributed by atoms with Crippen LogP contribution in [0.3, 0.4) is 0 Å². The third-order valence-corrected chi connectivity index (χ3v) is 2.46. The molecule has 3 nitrogen and oxygen atoms in total. The Balaban J connectivity index is 2.01. The van der Waals surface area contributed by atoms with E-state index in [0.29, 0.717) is 0 Å². The molecule has 0 bridgehead atoms. The Bertz CT molecular complexity index is 58.2. The minimum absolute atomic E-state index is 1.03. The Morgan fingerprint density at radius 3 is 1.92 bits per heavy atom. The van der Waals surface area contributed by atoms with Crippen molar-refractivity contribution in [1.82, 2.24) is 16.2 Å². The highest BCUT2D eigenvalue weighted by Crippen LogP contribution is 2.04. The second-order valence-electron chi connectivity index (χ2n) is 3.72. The molecule has 0 atom stereocenters. The van der Waals surface area contributed by atoms with Crippen LogP contribution in [-0.2, 0) is 0 Å². The van der Waals surface area contributed by atoms with Gasteiger partial charge >= 0.3 is 0 Å². The molecule has 0 aliphatic carbocycles. The summed E-state index contributed by atoms with van der Waals surface area (Å²) in [6, 6.07) is 0. The van der Waals surface area contributed by atoms with E-state index in [-0.39, 0.29) is 0 Å².